The molecule has 2 rings (SSSR count). The highest BCUT2D eigenvalue weighted by atomic mass is 35.5. The SMILES string of the molecule is Clc1ccc(Cl)c(-c2c(Cl)ccnc2Cl)c1Cl. The Morgan fingerprint density at radius 3 is 1.94 bits per heavy atom. The van der Waals surface area contributed by atoms with Gasteiger partial charge in [0.15, 0.2) is 0 Å². The normalized spacial score (nSPS) is 10.6. The Balaban J connectivity index is 2.82. The van der Waals surface area contributed by atoms with E-state index < -0.39 is 0 Å². The predicted octanol–water partition coefficient (Wildman–Crippen LogP) is 6.02. The van der Waals surface area contributed by atoms with Gasteiger partial charge < -0.3 is 0 Å². The second-order valence-corrected chi connectivity index (χ2v) is 5.13. The molecule has 6 heteroatoms. The fraction of sp³-hybridized carbons (Fsp3) is 0. The van der Waals surface area contributed by atoms with E-state index in [0.717, 1.165) is 0 Å². The zero-order chi connectivity index (χ0) is 12.6. The van der Waals surface area contributed by atoms with Crippen molar-refractivity contribution < 1.29 is 0 Å². The van der Waals surface area contributed by atoms with Crippen molar-refractivity contribution in [3.63, 3.8) is 0 Å². The van der Waals surface area contributed by atoms with Crippen LogP contribution in [0.25, 0.3) is 11.1 Å². The number of halogens is 5. The van der Waals surface area contributed by atoms with Crippen LogP contribution in [0.15, 0.2) is 24.4 Å². The van der Waals surface area contributed by atoms with Gasteiger partial charge in [0.25, 0.3) is 0 Å². The van der Waals surface area contributed by atoms with E-state index in [2.05, 4.69) is 4.98 Å². The van der Waals surface area contributed by atoms with Gasteiger partial charge in [-0.15, -0.1) is 0 Å². The minimum atomic E-state index is 0.226. The first-order valence-electron chi connectivity index (χ1n) is 4.46. The highest BCUT2D eigenvalue weighted by molar-refractivity contribution is 6.48. The molecule has 0 saturated heterocycles. The van der Waals surface area contributed by atoms with Crippen LogP contribution in [0, 0.1) is 0 Å². The smallest absolute Gasteiger partial charge is 0.138 e. The van der Waals surface area contributed by atoms with Crippen molar-refractivity contribution in [2.75, 3.05) is 0 Å². The van der Waals surface area contributed by atoms with E-state index in [4.69, 9.17) is 58.0 Å². The van der Waals surface area contributed by atoms with E-state index in [-0.39, 0.29) is 5.15 Å². The van der Waals surface area contributed by atoms with Gasteiger partial charge in [-0.3, -0.25) is 0 Å². The summed E-state index contributed by atoms with van der Waals surface area (Å²) in [4.78, 5) is 3.95. The maximum absolute atomic E-state index is 6.12. The van der Waals surface area contributed by atoms with Crippen LogP contribution in [0.3, 0.4) is 0 Å². The van der Waals surface area contributed by atoms with Crippen LogP contribution in [0.1, 0.15) is 0 Å². The number of hydrogen-bond acceptors (Lipinski definition) is 1. The van der Waals surface area contributed by atoms with Crippen LogP contribution in [0.2, 0.25) is 25.2 Å². The van der Waals surface area contributed by atoms with Crippen molar-refractivity contribution in [2.45, 2.75) is 0 Å². The van der Waals surface area contributed by atoms with Gasteiger partial charge in [0.1, 0.15) is 5.15 Å². The summed E-state index contributed by atoms with van der Waals surface area (Å²) in [5, 5.41) is 1.73. The summed E-state index contributed by atoms with van der Waals surface area (Å²) in [6.07, 6.45) is 1.50. The summed E-state index contributed by atoms with van der Waals surface area (Å²) in [6, 6.07) is 4.84. The first kappa shape index (κ1) is 13.3. The highest BCUT2D eigenvalue weighted by Gasteiger charge is 2.17. The fourth-order valence-electron chi connectivity index (χ4n) is 1.39. The predicted molar refractivity (Wildman–Crippen MR) is 74.7 cm³/mol. The molecule has 0 amide bonds. The van der Waals surface area contributed by atoms with Crippen molar-refractivity contribution >= 4 is 58.0 Å². The van der Waals surface area contributed by atoms with Gasteiger partial charge in [-0.2, -0.15) is 0 Å². The average Bonchev–Trinajstić information content (AvgIpc) is 2.28. The zero-order valence-electron chi connectivity index (χ0n) is 8.15. The van der Waals surface area contributed by atoms with Gasteiger partial charge in [-0.05, 0) is 18.2 Å². The molecule has 0 aliphatic heterocycles. The minimum Gasteiger partial charge on any atom is -0.244 e. The van der Waals surface area contributed by atoms with E-state index in [9.17, 15) is 0 Å². The number of aromatic nitrogens is 1. The average molecular weight is 327 g/mol. The van der Waals surface area contributed by atoms with Gasteiger partial charge in [0, 0.05) is 17.3 Å². The molecule has 0 N–H and O–H groups in total. The number of nitrogens with zero attached hydrogens (tertiary/aromatic N) is 1. The van der Waals surface area contributed by atoms with Crippen LogP contribution in [0.5, 0.6) is 0 Å². The Morgan fingerprint density at radius 2 is 1.29 bits per heavy atom. The summed E-state index contributed by atoms with van der Waals surface area (Å²) in [5.74, 6) is 0. The lowest BCUT2D eigenvalue weighted by atomic mass is 10.1. The third-order valence-corrected chi connectivity index (χ3v) is 3.87. The van der Waals surface area contributed by atoms with E-state index in [1.165, 1.54) is 6.20 Å². The number of rotatable bonds is 1. The van der Waals surface area contributed by atoms with E-state index in [1.807, 2.05) is 0 Å². The Kier molecular flexibility index (Phi) is 4.06. The van der Waals surface area contributed by atoms with Crippen molar-refractivity contribution in [2.24, 2.45) is 0 Å². The fourth-order valence-corrected chi connectivity index (χ4v) is 2.65. The maximum atomic E-state index is 6.12. The Morgan fingerprint density at radius 1 is 0.706 bits per heavy atom. The van der Waals surface area contributed by atoms with Crippen LogP contribution in [-0.4, -0.2) is 4.98 Å². The number of pyridine rings is 1. The lowest BCUT2D eigenvalue weighted by Crippen LogP contribution is -1.88. The van der Waals surface area contributed by atoms with Gasteiger partial charge >= 0.3 is 0 Å². The molecule has 0 atom stereocenters. The standard InChI is InChI=1S/C11H4Cl5N/c12-5-1-2-7(14)10(15)8(5)9-6(13)3-4-17-11(9)16/h1-4H. The number of hydrogen-bond donors (Lipinski definition) is 0. The Hall–Kier alpha value is -0.180. The molecule has 1 nitrogen and oxygen atoms in total. The molecular weight excluding hydrogens is 323 g/mol. The van der Waals surface area contributed by atoms with Crippen molar-refractivity contribution in [3.05, 3.63) is 49.6 Å². The summed E-state index contributed by atoms with van der Waals surface area (Å²) < 4.78 is 0. The third-order valence-electron chi connectivity index (χ3n) is 2.15. The monoisotopic (exact) mass is 325 g/mol. The lowest BCUT2D eigenvalue weighted by Gasteiger charge is -2.11. The molecule has 0 unspecified atom stereocenters. The summed E-state index contributed by atoms with van der Waals surface area (Å²) >= 11 is 30.2. The molecule has 1 aromatic heterocycles. The second-order valence-electron chi connectivity index (χ2n) is 3.18. The molecular formula is C11H4Cl5N. The zero-order valence-corrected chi connectivity index (χ0v) is 11.9. The summed E-state index contributed by atoms with van der Waals surface area (Å²) in [6.45, 7) is 0. The molecule has 17 heavy (non-hydrogen) atoms. The molecule has 0 bridgehead atoms. The maximum Gasteiger partial charge on any atom is 0.138 e. The second kappa shape index (κ2) is 5.21. The molecule has 0 aliphatic carbocycles. The Bertz CT molecular complexity index is 562. The summed E-state index contributed by atoms with van der Waals surface area (Å²) in [5.41, 5.74) is 0.970. The molecule has 0 fully saturated rings. The molecule has 0 aliphatic rings. The summed E-state index contributed by atoms with van der Waals surface area (Å²) in [7, 11) is 0. The number of benzene rings is 1. The van der Waals surface area contributed by atoms with Crippen molar-refractivity contribution in [1.82, 2.24) is 4.98 Å². The first-order chi connectivity index (χ1) is 8.02. The van der Waals surface area contributed by atoms with Gasteiger partial charge in [0.2, 0.25) is 0 Å². The van der Waals surface area contributed by atoms with Gasteiger partial charge in [0.05, 0.1) is 20.1 Å². The molecule has 2 aromatic rings. The lowest BCUT2D eigenvalue weighted by molar-refractivity contribution is 1.33. The first-order valence-corrected chi connectivity index (χ1v) is 6.35. The van der Waals surface area contributed by atoms with Crippen LogP contribution in [0.4, 0.5) is 0 Å². The van der Waals surface area contributed by atoms with Crippen LogP contribution < -0.4 is 0 Å². The Labute approximate surface area is 123 Å². The third kappa shape index (κ3) is 2.49. The largest absolute Gasteiger partial charge is 0.244 e. The van der Waals surface area contributed by atoms with Gasteiger partial charge in [-0.1, -0.05) is 58.0 Å². The van der Waals surface area contributed by atoms with E-state index >= 15 is 0 Å². The molecule has 0 radical (unpaired) electrons. The minimum absolute atomic E-state index is 0.226. The molecule has 0 saturated carbocycles. The topological polar surface area (TPSA) is 12.9 Å². The molecule has 0 spiro atoms. The van der Waals surface area contributed by atoms with Crippen LogP contribution >= 0.6 is 58.0 Å². The highest BCUT2D eigenvalue weighted by Crippen LogP contribution is 2.44. The van der Waals surface area contributed by atoms with E-state index in [1.54, 1.807) is 18.2 Å². The quantitative estimate of drug-likeness (QED) is 0.461. The van der Waals surface area contributed by atoms with Crippen LogP contribution in [-0.2, 0) is 0 Å². The molecule has 88 valence electrons. The van der Waals surface area contributed by atoms with Gasteiger partial charge in [-0.25, -0.2) is 4.98 Å². The van der Waals surface area contributed by atoms with E-state index in [0.29, 0.717) is 31.2 Å². The molecule has 1 aromatic carbocycles. The van der Waals surface area contributed by atoms with Crippen molar-refractivity contribution in [1.29, 1.82) is 0 Å². The van der Waals surface area contributed by atoms with Crippen molar-refractivity contribution in [3.8, 4) is 11.1 Å². The molecule has 1 heterocycles.